The summed E-state index contributed by atoms with van der Waals surface area (Å²) in [7, 11) is -4.19. The monoisotopic (exact) mass is 517 g/mol. The molecule has 1 aliphatic carbocycles. The minimum atomic E-state index is -4.19. The van der Waals surface area contributed by atoms with E-state index >= 15 is 0 Å². The molecule has 0 radical (unpaired) electrons. The molecule has 0 spiro atoms. The van der Waals surface area contributed by atoms with Crippen LogP contribution >= 0.6 is 11.6 Å². The lowest BCUT2D eigenvalue weighted by Gasteiger charge is -2.26. The quantitative estimate of drug-likeness (QED) is 0.347. The summed E-state index contributed by atoms with van der Waals surface area (Å²) in [4.78, 5) is 8.50. The zero-order valence-electron chi connectivity index (χ0n) is 18.3. The third-order valence-corrected chi connectivity index (χ3v) is 7.36. The minimum absolute atomic E-state index is 0.106. The Kier molecular flexibility index (Phi) is 6.30. The Bertz CT molecular complexity index is 1480. The van der Waals surface area contributed by atoms with Crippen molar-refractivity contribution in [2.75, 3.05) is 4.72 Å². The molecule has 5 rings (SSSR count). The van der Waals surface area contributed by atoms with Gasteiger partial charge in [-0.1, -0.05) is 11.6 Å². The third kappa shape index (κ3) is 5.07. The lowest BCUT2D eigenvalue weighted by Crippen LogP contribution is -2.28. The molecule has 2 atom stereocenters. The summed E-state index contributed by atoms with van der Waals surface area (Å²) in [5, 5.41) is 17.5. The van der Waals surface area contributed by atoms with E-state index in [-0.39, 0.29) is 16.8 Å². The number of sulfonamides is 1. The lowest BCUT2D eigenvalue weighted by molar-refractivity contribution is 0.0522. The number of ether oxygens (including phenoxy) is 1. The average Bonchev–Trinajstić information content (AvgIpc) is 3.30. The number of aliphatic hydroxyl groups excluding tert-OH is 1. The van der Waals surface area contributed by atoms with Gasteiger partial charge in [-0.05, 0) is 61.7 Å². The van der Waals surface area contributed by atoms with Crippen LogP contribution in [0.2, 0.25) is 5.02 Å². The second-order valence-electron chi connectivity index (χ2n) is 8.30. The Morgan fingerprint density at radius 2 is 1.94 bits per heavy atom. The van der Waals surface area contributed by atoms with Gasteiger partial charge in [0.05, 0.1) is 12.3 Å². The summed E-state index contributed by atoms with van der Waals surface area (Å²) in [6.07, 6.45) is 4.00. The Balaban J connectivity index is 1.40. The Hall–Kier alpha value is -3.28. The second kappa shape index (κ2) is 9.40. The molecule has 182 valence electrons. The molecule has 3 N–H and O–H groups in total. The summed E-state index contributed by atoms with van der Waals surface area (Å²) in [6.45, 7) is 0. The average molecular weight is 518 g/mol. The van der Waals surface area contributed by atoms with Gasteiger partial charge in [-0.25, -0.2) is 17.8 Å². The first-order chi connectivity index (χ1) is 16.8. The van der Waals surface area contributed by atoms with Crippen LogP contribution in [0.5, 0.6) is 5.88 Å². The Morgan fingerprint density at radius 1 is 1.14 bits per heavy atom. The van der Waals surface area contributed by atoms with Crippen LogP contribution in [0.3, 0.4) is 0 Å². The van der Waals surface area contributed by atoms with E-state index in [0.29, 0.717) is 34.7 Å². The van der Waals surface area contributed by atoms with E-state index in [1.165, 1.54) is 18.2 Å². The van der Waals surface area contributed by atoms with Gasteiger partial charge in [0.25, 0.3) is 10.0 Å². The second-order valence-corrected chi connectivity index (χ2v) is 10.4. The summed E-state index contributed by atoms with van der Waals surface area (Å²) < 4.78 is 47.8. The van der Waals surface area contributed by atoms with Crippen molar-refractivity contribution in [3.63, 3.8) is 0 Å². The standard InChI is InChI=1S/C23H21ClFN5O4S/c24-14-6-9-19(25)20(10-14)35(32,33)30-15-7-4-13(5-8-15)21-27-22-18(12-26-29-22)23(28-21)34-17-3-1-2-16(31)11-17/h4-10,12,16-17,30-31H,1-3,11H2,(H,26,27,28,29)/t16?,17-/m0/s1. The van der Waals surface area contributed by atoms with Crippen LogP contribution in [0.4, 0.5) is 10.1 Å². The van der Waals surface area contributed by atoms with Gasteiger partial charge in [0.1, 0.15) is 22.2 Å². The number of anilines is 1. The van der Waals surface area contributed by atoms with E-state index in [0.717, 1.165) is 31.4 Å². The predicted octanol–water partition coefficient (Wildman–Crippen LogP) is 4.30. The number of halogens is 2. The number of hydrogen-bond donors (Lipinski definition) is 3. The van der Waals surface area contributed by atoms with Crippen molar-refractivity contribution in [3.05, 3.63) is 59.5 Å². The fourth-order valence-corrected chi connectivity index (χ4v) is 5.39. The number of rotatable bonds is 6. The molecular weight excluding hydrogens is 497 g/mol. The number of aromatic amines is 1. The maximum absolute atomic E-state index is 14.1. The fraction of sp³-hybridized carbons (Fsp3) is 0.261. The number of hydrogen-bond acceptors (Lipinski definition) is 7. The van der Waals surface area contributed by atoms with E-state index in [4.69, 9.17) is 16.3 Å². The summed E-state index contributed by atoms with van der Waals surface area (Å²) in [6, 6.07) is 9.64. The molecule has 12 heteroatoms. The van der Waals surface area contributed by atoms with Gasteiger partial charge >= 0.3 is 0 Å². The van der Waals surface area contributed by atoms with Gasteiger partial charge < -0.3 is 9.84 Å². The van der Waals surface area contributed by atoms with Crippen LogP contribution in [-0.2, 0) is 10.0 Å². The number of benzene rings is 2. The minimum Gasteiger partial charge on any atom is -0.474 e. The normalized spacial score (nSPS) is 18.5. The van der Waals surface area contributed by atoms with Crippen molar-refractivity contribution in [2.24, 2.45) is 0 Å². The topological polar surface area (TPSA) is 130 Å². The van der Waals surface area contributed by atoms with Crippen LogP contribution in [0, 0.1) is 5.82 Å². The summed E-state index contributed by atoms with van der Waals surface area (Å²) >= 11 is 5.83. The molecule has 35 heavy (non-hydrogen) atoms. The number of H-pyrrole nitrogens is 1. The number of fused-ring (bicyclic) bond motifs is 1. The predicted molar refractivity (Wildman–Crippen MR) is 128 cm³/mol. The Morgan fingerprint density at radius 3 is 2.71 bits per heavy atom. The first-order valence-corrected chi connectivity index (χ1v) is 12.8. The number of nitrogens with zero attached hydrogens (tertiary/aromatic N) is 3. The zero-order valence-corrected chi connectivity index (χ0v) is 19.9. The molecule has 1 aliphatic rings. The number of nitrogens with one attached hydrogen (secondary N) is 2. The molecule has 1 saturated carbocycles. The molecule has 1 unspecified atom stereocenters. The molecule has 4 aromatic rings. The molecule has 1 fully saturated rings. The van der Waals surface area contributed by atoms with Crippen LogP contribution in [0.1, 0.15) is 25.7 Å². The molecule has 2 heterocycles. The van der Waals surface area contributed by atoms with Gasteiger partial charge in [-0.2, -0.15) is 10.1 Å². The molecule has 2 aromatic carbocycles. The highest BCUT2D eigenvalue weighted by atomic mass is 35.5. The number of aliphatic hydroxyl groups is 1. The lowest BCUT2D eigenvalue weighted by atomic mass is 9.95. The third-order valence-electron chi connectivity index (χ3n) is 5.73. The van der Waals surface area contributed by atoms with Crippen molar-refractivity contribution in [2.45, 2.75) is 42.8 Å². The molecule has 0 aliphatic heterocycles. The van der Waals surface area contributed by atoms with Gasteiger partial charge in [0.2, 0.25) is 5.88 Å². The fourth-order valence-electron chi connectivity index (χ4n) is 3.99. The number of aromatic nitrogens is 4. The highest BCUT2D eigenvalue weighted by Crippen LogP contribution is 2.30. The molecule has 0 saturated heterocycles. The van der Waals surface area contributed by atoms with Gasteiger partial charge in [-0.3, -0.25) is 9.82 Å². The molecule has 9 nitrogen and oxygen atoms in total. The first kappa shape index (κ1) is 23.5. The van der Waals surface area contributed by atoms with Crippen molar-refractivity contribution >= 4 is 38.3 Å². The summed E-state index contributed by atoms with van der Waals surface area (Å²) in [5.74, 6) is -0.194. The highest BCUT2D eigenvalue weighted by Gasteiger charge is 2.24. The van der Waals surface area contributed by atoms with Crippen molar-refractivity contribution in [1.82, 2.24) is 20.2 Å². The van der Waals surface area contributed by atoms with Crippen molar-refractivity contribution in [1.29, 1.82) is 0 Å². The molecule has 0 amide bonds. The van der Waals surface area contributed by atoms with Crippen LogP contribution in [-0.4, -0.2) is 45.9 Å². The van der Waals surface area contributed by atoms with Crippen molar-refractivity contribution in [3.8, 4) is 17.3 Å². The maximum atomic E-state index is 14.1. The smallest absolute Gasteiger partial charge is 0.264 e. The van der Waals surface area contributed by atoms with Crippen LogP contribution in [0.25, 0.3) is 22.4 Å². The zero-order chi connectivity index (χ0) is 24.6. The van der Waals surface area contributed by atoms with Crippen molar-refractivity contribution < 1.29 is 22.7 Å². The Labute approximate surface area is 205 Å². The van der Waals surface area contributed by atoms with Crippen LogP contribution in [0.15, 0.2) is 53.6 Å². The van der Waals surface area contributed by atoms with E-state index in [9.17, 15) is 17.9 Å². The van der Waals surface area contributed by atoms with Gasteiger partial charge in [0, 0.05) is 22.7 Å². The molecule has 0 bridgehead atoms. The van der Waals surface area contributed by atoms with Crippen LogP contribution < -0.4 is 9.46 Å². The van der Waals surface area contributed by atoms with E-state index < -0.39 is 26.8 Å². The molecule has 2 aromatic heterocycles. The summed E-state index contributed by atoms with van der Waals surface area (Å²) in [5.41, 5.74) is 1.32. The largest absolute Gasteiger partial charge is 0.474 e. The molecular formula is C23H21ClFN5O4S. The van der Waals surface area contributed by atoms with E-state index in [1.807, 2.05) is 0 Å². The van der Waals surface area contributed by atoms with E-state index in [2.05, 4.69) is 24.9 Å². The SMILES string of the molecule is O=S(=O)(Nc1ccc(-c2nc(O[C@H]3CCCC(O)C3)c3cn[nH]c3n2)cc1)c1cc(Cl)ccc1F. The van der Waals surface area contributed by atoms with Gasteiger partial charge in [0.15, 0.2) is 11.5 Å². The maximum Gasteiger partial charge on any atom is 0.264 e. The highest BCUT2D eigenvalue weighted by molar-refractivity contribution is 7.92. The first-order valence-electron chi connectivity index (χ1n) is 10.9. The van der Waals surface area contributed by atoms with Gasteiger partial charge in [-0.15, -0.1) is 0 Å². The van der Waals surface area contributed by atoms with E-state index in [1.54, 1.807) is 18.3 Å².